The molecule has 0 aliphatic carbocycles. The Morgan fingerprint density at radius 2 is 1.86 bits per heavy atom. The topological polar surface area (TPSA) is 99.2 Å². The fraction of sp³-hybridized carbons (Fsp3) is 0.471. The highest BCUT2D eigenvalue weighted by atomic mass is 35.5. The van der Waals surface area contributed by atoms with Crippen molar-refractivity contribution in [2.75, 3.05) is 26.4 Å². The lowest BCUT2D eigenvalue weighted by atomic mass is 10.00. The lowest BCUT2D eigenvalue weighted by Gasteiger charge is -2.28. The maximum Gasteiger partial charge on any atom is 0.309 e. The number of nitrogens with one attached hydrogen (secondary N) is 1. The molecule has 2 rings (SSSR count). The minimum atomic E-state index is -3.92. The van der Waals surface area contributed by atoms with Crippen molar-refractivity contribution >= 4 is 51.1 Å². The predicted molar refractivity (Wildman–Crippen MR) is 113 cm³/mol. The first-order valence-corrected chi connectivity index (χ1v) is 10.9. The first-order chi connectivity index (χ1) is 12.7. The van der Waals surface area contributed by atoms with Gasteiger partial charge in [-0.1, -0.05) is 43.8 Å². The molecule has 28 heavy (non-hydrogen) atoms. The van der Waals surface area contributed by atoms with E-state index in [2.05, 4.69) is 10.5 Å². The monoisotopic (exact) mass is 448 g/mol. The number of benzene rings is 1. The van der Waals surface area contributed by atoms with Gasteiger partial charge in [0.1, 0.15) is 0 Å². The number of Topliss-reactive ketones (excluding diaryl/α,β-unsaturated/α-hetero) is 1. The minimum absolute atomic E-state index is 0. The maximum atomic E-state index is 12.8. The summed E-state index contributed by atoms with van der Waals surface area (Å²) in [6.07, 6.45) is 0. The second-order valence-electron chi connectivity index (χ2n) is 6.49. The van der Waals surface area contributed by atoms with E-state index in [-0.39, 0.29) is 17.3 Å². The van der Waals surface area contributed by atoms with Crippen molar-refractivity contribution in [3.05, 3.63) is 30.3 Å². The number of thioether (sulfide) groups is 1. The van der Waals surface area contributed by atoms with Gasteiger partial charge in [-0.2, -0.15) is 4.31 Å². The number of hydrazone groups is 1. The zero-order chi connectivity index (χ0) is 20.2. The Hall–Kier alpha value is -1.62. The molecule has 1 saturated heterocycles. The maximum absolute atomic E-state index is 12.8. The number of carbonyl (C=O) groups is 2. The lowest BCUT2D eigenvalue weighted by Crippen LogP contribution is -2.50. The normalized spacial score (nSPS) is 16.9. The van der Waals surface area contributed by atoms with Crippen LogP contribution in [0.3, 0.4) is 0 Å². The highest BCUT2D eigenvalue weighted by Crippen LogP contribution is 2.21. The molecule has 0 bridgehead atoms. The number of rotatable bonds is 7. The standard InChI is InChI=1S/C17H24N4O4S2.ClH/c1-12(2)14(21(4)27(24,25)13-8-6-5-7-9-13)15(22)16(23)18-19-17-20(3)10-11-26-17;/h5-9,12,14H,10-11H2,1-4H3,(H,18,23);1H. The number of sulfonamides is 1. The third-order valence-electron chi connectivity index (χ3n) is 4.17. The molecule has 1 aromatic rings. The average Bonchev–Trinajstić information content (AvgIpc) is 3.05. The van der Waals surface area contributed by atoms with Crippen molar-refractivity contribution in [1.29, 1.82) is 0 Å². The van der Waals surface area contributed by atoms with Crippen molar-refractivity contribution in [3.8, 4) is 0 Å². The van der Waals surface area contributed by atoms with Crippen molar-refractivity contribution in [2.24, 2.45) is 11.0 Å². The Morgan fingerprint density at radius 3 is 2.36 bits per heavy atom. The first kappa shape index (κ1) is 24.4. The summed E-state index contributed by atoms with van der Waals surface area (Å²) in [7, 11) is -0.769. The number of likely N-dealkylation sites (N-methyl/N-ethyl adjacent to an activating group) is 1. The van der Waals surface area contributed by atoms with E-state index in [1.807, 2.05) is 11.9 Å². The molecule has 1 heterocycles. The SMILES string of the molecule is CC(C)C(C(=O)C(=O)NN=C1SCCN1C)N(C)S(=O)(=O)c1ccccc1.Cl. The zero-order valence-corrected chi connectivity index (χ0v) is 18.6. The Balaban J connectivity index is 0.00000392. The first-order valence-electron chi connectivity index (χ1n) is 8.45. The Morgan fingerprint density at radius 1 is 1.25 bits per heavy atom. The van der Waals surface area contributed by atoms with Crippen LogP contribution >= 0.6 is 24.2 Å². The van der Waals surface area contributed by atoms with E-state index in [0.717, 1.165) is 16.6 Å². The molecular formula is C17H25ClN4O4S2. The molecule has 0 spiro atoms. The fourth-order valence-electron chi connectivity index (χ4n) is 2.68. The number of amides is 1. The number of hydrogen-bond acceptors (Lipinski definition) is 6. The van der Waals surface area contributed by atoms with Crippen LogP contribution < -0.4 is 5.43 Å². The number of ketones is 1. The van der Waals surface area contributed by atoms with Crippen molar-refractivity contribution in [2.45, 2.75) is 24.8 Å². The molecule has 0 saturated carbocycles. The molecule has 8 nitrogen and oxygen atoms in total. The molecule has 0 aromatic heterocycles. The van der Waals surface area contributed by atoms with Crippen LogP contribution in [-0.4, -0.2) is 66.9 Å². The van der Waals surface area contributed by atoms with Gasteiger partial charge in [-0.3, -0.25) is 9.59 Å². The summed E-state index contributed by atoms with van der Waals surface area (Å²) < 4.78 is 26.6. The predicted octanol–water partition coefficient (Wildman–Crippen LogP) is 1.39. The van der Waals surface area contributed by atoms with E-state index in [1.54, 1.807) is 32.0 Å². The molecule has 1 N–H and O–H groups in total. The second kappa shape index (κ2) is 10.2. The summed E-state index contributed by atoms with van der Waals surface area (Å²) in [6.45, 7) is 4.19. The number of amidine groups is 1. The minimum Gasteiger partial charge on any atom is -0.352 e. The molecule has 1 amide bonds. The molecule has 1 aliphatic heterocycles. The van der Waals surface area contributed by atoms with E-state index >= 15 is 0 Å². The molecule has 11 heteroatoms. The van der Waals surface area contributed by atoms with Gasteiger partial charge < -0.3 is 4.90 Å². The van der Waals surface area contributed by atoms with E-state index < -0.39 is 33.7 Å². The van der Waals surface area contributed by atoms with Crippen LogP contribution in [0.5, 0.6) is 0 Å². The number of hydrogen-bond donors (Lipinski definition) is 1. The van der Waals surface area contributed by atoms with Gasteiger partial charge in [0.15, 0.2) is 5.17 Å². The molecule has 1 aliphatic rings. The van der Waals surface area contributed by atoms with E-state index in [9.17, 15) is 18.0 Å². The molecule has 1 unspecified atom stereocenters. The van der Waals surface area contributed by atoms with Gasteiger partial charge in [-0.05, 0) is 18.1 Å². The van der Waals surface area contributed by atoms with Crippen LogP contribution in [0.4, 0.5) is 0 Å². The van der Waals surface area contributed by atoms with Crippen molar-refractivity contribution in [1.82, 2.24) is 14.6 Å². The van der Waals surface area contributed by atoms with Crippen molar-refractivity contribution in [3.63, 3.8) is 0 Å². The third-order valence-corrected chi connectivity index (χ3v) is 7.07. The van der Waals surface area contributed by atoms with E-state index in [0.29, 0.717) is 5.17 Å². The summed E-state index contributed by atoms with van der Waals surface area (Å²) in [5.41, 5.74) is 2.25. The molecule has 156 valence electrons. The molecule has 1 aromatic carbocycles. The molecule has 1 atom stereocenters. The molecule has 0 radical (unpaired) electrons. The van der Waals surface area contributed by atoms with Gasteiger partial charge >= 0.3 is 5.91 Å². The zero-order valence-electron chi connectivity index (χ0n) is 16.2. The van der Waals surface area contributed by atoms with Gasteiger partial charge in [-0.15, -0.1) is 17.5 Å². The van der Waals surface area contributed by atoms with Crippen LogP contribution in [0.2, 0.25) is 0 Å². The van der Waals surface area contributed by atoms with Crippen LogP contribution in [-0.2, 0) is 19.6 Å². The fourth-order valence-corrected chi connectivity index (χ4v) is 5.12. The number of halogens is 1. The van der Waals surface area contributed by atoms with E-state index in [4.69, 9.17) is 0 Å². The van der Waals surface area contributed by atoms with Gasteiger partial charge in [0, 0.05) is 26.4 Å². The quantitative estimate of drug-likeness (QED) is 0.500. The van der Waals surface area contributed by atoms with Crippen LogP contribution in [0, 0.1) is 5.92 Å². The molecular weight excluding hydrogens is 424 g/mol. The average molecular weight is 449 g/mol. The van der Waals surface area contributed by atoms with Crippen molar-refractivity contribution < 1.29 is 18.0 Å². The lowest BCUT2D eigenvalue weighted by molar-refractivity contribution is -0.140. The summed E-state index contributed by atoms with van der Waals surface area (Å²) >= 11 is 1.47. The smallest absolute Gasteiger partial charge is 0.309 e. The Bertz CT molecular complexity index is 831. The third kappa shape index (κ3) is 5.47. The summed E-state index contributed by atoms with van der Waals surface area (Å²) in [5, 5.41) is 4.58. The summed E-state index contributed by atoms with van der Waals surface area (Å²) in [6, 6.07) is 6.68. The van der Waals surface area contributed by atoms with Gasteiger partial charge in [0.25, 0.3) is 0 Å². The van der Waals surface area contributed by atoms with Gasteiger partial charge in [0.2, 0.25) is 15.8 Å². The second-order valence-corrected chi connectivity index (χ2v) is 9.55. The number of carbonyl (C=O) groups excluding carboxylic acids is 2. The highest BCUT2D eigenvalue weighted by molar-refractivity contribution is 8.14. The Labute approximate surface area is 176 Å². The van der Waals surface area contributed by atoms with Gasteiger partial charge in [0.05, 0.1) is 10.9 Å². The summed E-state index contributed by atoms with van der Waals surface area (Å²) in [5.74, 6) is -1.33. The van der Waals surface area contributed by atoms with Crippen LogP contribution in [0.15, 0.2) is 40.3 Å². The number of nitrogens with zero attached hydrogens (tertiary/aromatic N) is 3. The van der Waals surface area contributed by atoms with Gasteiger partial charge in [-0.25, -0.2) is 13.8 Å². The van der Waals surface area contributed by atoms with E-state index in [1.165, 1.54) is 30.9 Å². The van der Waals surface area contributed by atoms with Crippen LogP contribution in [0.1, 0.15) is 13.8 Å². The highest BCUT2D eigenvalue weighted by Gasteiger charge is 2.38. The Kier molecular flexibility index (Phi) is 8.93. The molecule has 1 fully saturated rings. The summed E-state index contributed by atoms with van der Waals surface area (Å²) in [4.78, 5) is 26.9. The largest absolute Gasteiger partial charge is 0.352 e. The van der Waals surface area contributed by atoms with Crippen LogP contribution in [0.25, 0.3) is 0 Å².